The molecule has 0 atom stereocenters. The van der Waals surface area contributed by atoms with Crippen molar-refractivity contribution in [3.63, 3.8) is 0 Å². The number of aromatic nitrogens is 1. The van der Waals surface area contributed by atoms with Crippen molar-refractivity contribution >= 4 is 11.4 Å². The molecule has 1 aliphatic carbocycles. The van der Waals surface area contributed by atoms with Crippen LogP contribution in [0.5, 0.6) is 0 Å². The van der Waals surface area contributed by atoms with Crippen molar-refractivity contribution in [2.24, 2.45) is 0 Å². The monoisotopic (exact) mass is 221 g/mol. The Morgan fingerprint density at radius 3 is 2.88 bits per heavy atom. The zero-order chi connectivity index (χ0) is 11.6. The summed E-state index contributed by atoms with van der Waals surface area (Å²) in [5.74, 6) is 0. The topological polar surface area (TPSA) is 68.1 Å². The molecule has 0 radical (unpaired) electrons. The minimum absolute atomic E-state index is 0.0576. The predicted molar refractivity (Wildman–Crippen MR) is 61.4 cm³/mol. The van der Waals surface area contributed by atoms with Crippen molar-refractivity contribution in [3.05, 3.63) is 28.6 Å². The van der Waals surface area contributed by atoms with Crippen LogP contribution >= 0.6 is 0 Å². The van der Waals surface area contributed by atoms with Crippen LogP contribution in [0.15, 0.2) is 18.5 Å². The minimum atomic E-state index is -0.392. The van der Waals surface area contributed by atoms with Crippen molar-refractivity contribution in [2.45, 2.75) is 38.1 Å². The van der Waals surface area contributed by atoms with Gasteiger partial charge in [0.05, 0.1) is 4.92 Å². The fourth-order valence-corrected chi connectivity index (χ4v) is 2.09. The highest BCUT2D eigenvalue weighted by Crippen LogP contribution is 2.39. The maximum absolute atomic E-state index is 10.8. The third-order valence-electron chi connectivity index (χ3n) is 3.38. The van der Waals surface area contributed by atoms with E-state index in [0.717, 1.165) is 19.3 Å². The van der Waals surface area contributed by atoms with Crippen LogP contribution in [-0.2, 0) is 0 Å². The first kappa shape index (κ1) is 10.9. The van der Waals surface area contributed by atoms with Gasteiger partial charge in [-0.15, -0.1) is 0 Å². The Labute approximate surface area is 94.0 Å². The molecule has 1 aliphatic rings. The number of nitrogens with one attached hydrogen (secondary N) is 1. The molecule has 0 amide bonds. The second kappa shape index (κ2) is 4.08. The first-order valence-electron chi connectivity index (χ1n) is 5.53. The molecule has 0 saturated heterocycles. The third kappa shape index (κ3) is 1.85. The summed E-state index contributed by atoms with van der Waals surface area (Å²) in [6, 6.07) is 1.67. The van der Waals surface area contributed by atoms with Gasteiger partial charge in [-0.1, -0.05) is 6.92 Å². The summed E-state index contributed by atoms with van der Waals surface area (Å²) < 4.78 is 0. The Morgan fingerprint density at radius 2 is 2.38 bits per heavy atom. The maximum atomic E-state index is 10.8. The lowest BCUT2D eigenvalue weighted by Crippen LogP contribution is -2.44. The SMILES string of the molecule is CCC1(Nc2ccncc2[N+](=O)[O-])CCC1. The zero-order valence-electron chi connectivity index (χ0n) is 9.27. The lowest BCUT2D eigenvalue weighted by atomic mass is 9.74. The van der Waals surface area contributed by atoms with Crippen molar-refractivity contribution in [2.75, 3.05) is 5.32 Å². The molecule has 1 fully saturated rings. The molecular formula is C11H15N3O2. The van der Waals surface area contributed by atoms with Gasteiger partial charge in [-0.25, -0.2) is 0 Å². The molecular weight excluding hydrogens is 206 g/mol. The van der Waals surface area contributed by atoms with Gasteiger partial charge in [0, 0.05) is 11.7 Å². The number of nitro groups is 1. The second-order valence-electron chi connectivity index (χ2n) is 4.26. The van der Waals surface area contributed by atoms with Gasteiger partial charge < -0.3 is 5.32 Å². The minimum Gasteiger partial charge on any atom is -0.374 e. The zero-order valence-corrected chi connectivity index (χ0v) is 9.27. The Bertz CT molecular complexity index is 396. The van der Waals surface area contributed by atoms with Crippen LogP contribution in [0.3, 0.4) is 0 Å². The molecule has 5 nitrogen and oxygen atoms in total. The fourth-order valence-electron chi connectivity index (χ4n) is 2.09. The third-order valence-corrected chi connectivity index (χ3v) is 3.38. The number of hydrogen-bond donors (Lipinski definition) is 1. The van der Waals surface area contributed by atoms with Crippen LogP contribution in [0.4, 0.5) is 11.4 Å². The second-order valence-corrected chi connectivity index (χ2v) is 4.26. The Balaban J connectivity index is 2.23. The molecule has 0 spiro atoms. The van der Waals surface area contributed by atoms with Gasteiger partial charge in [-0.3, -0.25) is 15.1 Å². The normalized spacial score (nSPS) is 17.6. The Hall–Kier alpha value is -1.65. The van der Waals surface area contributed by atoms with Crippen molar-refractivity contribution in [1.82, 2.24) is 4.98 Å². The van der Waals surface area contributed by atoms with Crippen LogP contribution in [0.2, 0.25) is 0 Å². The van der Waals surface area contributed by atoms with E-state index in [9.17, 15) is 10.1 Å². The average Bonchev–Trinajstić information content (AvgIpc) is 2.24. The van der Waals surface area contributed by atoms with E-state index in [4.69, 9.17) is 0 Å². The predicted octanol–water partition coefficient (Wildman–Crippen LogP) is 2.73. The van der Waals surface area contributed by atoms with Gasteiger partial charge in [-0.2, -0.15) is 0 Å². The summed E-state index contributed by atoms with van der Waals surface area (Å²) in [5, 5.41) is 14.1. The molecule has 1 heterocycles. The smallest absolute Gasteiger partial charge is 0.310 e. The molecule has 0 bridgehead atoms. The number of anilines is 1. The first-order valence-corrected chi connectivity index (χ1v) is 5.53. The lowest BCUT2D eigenvalue weighted by molar-refractivity contribution is -0.384. The summed E-state index contributed by atoms with van der Waals surface area (Å²) in [7, 11) is 0. The Kier molecular flexibility index (Phi) is 2.77. The molecule has 1 aromatic rings. The summed E-state index contributed by atoms with van der Waals surface area (Å²) >= 11 is 0. The van der Waals surface area contributed by atoms with Crippen LogP contribution in [0.25, 0.3) is 0 Å². The molecule has 2 rings (SSSR count). The van der Waals surface area contributed by atoms with E-state index in [2.05, 4.69) is 17.2 Å². The highest BCUT2D eigenvalue weighted by atomic mass is 16.6. The summed E-state index contributed by atoms with van der Waals surface area (Å²) in [5.41, 5.74) is 0.704. The van der Waals surface area contributed by atoms with Crippen LogP contribution < -0.4 is 5.32 Å². The number of pyridine rings is 1. The van der Waals surface area contributed by atoms with E-state index in [1.807, 2.05) is 0 Å². The number of hydrogen-bond acceptors (Lipinski definition) is 4. The van der Waals surface area contributed by atoms with E-state index in [1.54, 1.807) is 12.3 Å². The van der Waals surface area contributed by atoms with Crippen LogP contribution in [0, 0.1) is 10.1 Å². The molecule has 1 N–H and O–H groups in total. The number of nitrogens with zero attached hydrogens (tertiary/aromatic N) is 2. The van der Waals surface area contributed by atoms with E-state index in [0.29, 0.717) is 5.69 Å². The maximum Gasteiger partial charge on any atom is 0.310 e. The molecule has 16 heavy (non-hydrogen) atoms. The van der Waals surface area contributed by atoms with Gasteiger partial charge in [0.15, 0.2) is 0 Å². The van der Waals surface area contributed by atoms with Crippen LogP contribution in [0.1, 0.15) is 32.6 Å². The van der Waals surface area contributed by atoms with E-state index < -0.39 is 4.92 Å². The standard InChI is InChI=1S/C11H15N3O2/c1-2-11(5-3-6-11)13-9-4-7-12-8-10(9)14(15)16/h4,7-8H,2-3,5-6H2,1H3,(H,12,13). The van der Waals surface area contributed by atoms with E-state index in [1.165, 1.54) is 12.6 Å². The highest BCUT2D eigenvalue weighted by Gasteiger charge is 2.36. The molecule has 86 valence electrons. The van der Waals surface area contributed by atoms with Gasteiger partial charge in [0.1, 0.15) is 11.9 Å². The van der Waals surface area contributed by atoms with Crippen LogP contribution in [-0.4, -0.2) is 15.4 Å². The van der Waals surface area contributed by atoms with E-state index >= 15 is 0 Å². The lowest BCUT2D eigenvalue weighted by Gasteiger charge is -2.42. The summed E-state index contributed by atoms with van der Waals surface area (Å²) in [6.07, 6.45) is 7.24. The molecule has 1 saturated carbocycles. The molecule has 1 aromatic heterocycles. The molecule has 5 heteroatoms. The summed E-state index contributed by atoms with van der Waals surface area (Å²) in [4.78, 5) is 14.2. The molecule has 0 aromatic carbocycles. The average molecular weight is 221 g/mol. The fraction of sp³-hybridized carbons (Fsp3) is 0.545. The molecule has 0 aliphatic heterocycles. The van der Waals surface area contributed by atoms with Gasteiger partial charge in [0.2, 0.25) is 0 Å². The van der Waals surface area contributed by atoms with Crippen molar-refractivity contribution < 1.29 is 4.92 Å². The number of rotatable bonds is 4. The van der Waals surface area contributed by atoms with Crippen molar-refractivity contribution in [3.8, 4) is 0 Å². The Morgan fingerprint density at radius 1 is 1.62 bits per heavy atom. The van der Waals surface area contributed by atoms with Gasteiger partial charge >= 0.3 is 5.69 Å². The largest absolute Gasteiger partial charge is 0.374 e. The van der Waals surface area contributed by atoms with E-state index in [-0.39, 0.29) is 11.2 Å². The highest BCUT2D eigenvalue weighted by molar-refractivity contribution is 5.61. The quantitative estimate of drug-likeness (QED) is 0.627. The van der Waals surface area contributed by atoms with Crippen molar-refractivity contribution in [1.29, 1.82) is 0 Å². The first-order chi connectivity index (χ1) is 7.67. The van der Waals surface area contributed by atoms with Gasteiger partial charge in [-0.05, 0) is 31.7 Å². The van der Waals surface area contributed by atoms with Gasteiger partial charge in [0.25, 0.3) is 0 Å². The molecule has 0 unspecified atom stereocenters. The summed E-state index contributed by atoms with van der Waals surface area (Å²) in [6.45, 7) is 2.11.